The maximum absolute atomic E-state index is 14.3. The van der Waals surface area contributed by atoms with Crippen molar-refractivity contribution in [1.29, 1.82) is 0 Å². The first-order valence-electron chi connectivity index (χ1n) is 18.2. The van der Waals surface area contributed by atoms with Crippen LogP contribution in [0.25, 0.3) is 10.4 Å². The largest absolute Gasteiger partial charge is 0.490 e. The second-order valence-corrected chi connectivity index (χ2v) is 15.4. The molecule has 2 heterocycles. The number of hydrogen-bond acceptors (Lipinski definition) is 9. The van der Waals surface area contributed by atoms with Gasteiger partial charge in [0.2, 0.25) is 10.0 Å². The van der Waals surface area contributed by atoms with Gasteiger partial charge in [0.1, 0.15) is 12.4 Å². The summed E-state index contributed by atoms with van der Waals surface area (Å²) in [6.07, 6.45) is 1.38. The average Bonchev–Trinajstić information content (AvgIpc) is 3.15. The fraction of sp³-hybridized carbons (Fsp3) is 0.538. The summed E-state index contributed by atoms with van der Waals surface area (Å²) in [5.41, 5.74) is 14.1. The molecule has 0 amide bonds. The van der Waals surface area contributed by atoms with Crippen LogP contribution in [0.5, 0.6) is 5.75 Å². The topological polar surface area (TPSA) is 136 Å². The van der Waals surface area contributed by atoms with Gasteiger partial charge in [-0.05, 0) is 86.5 Å². The molecule has 52 heavy (non-hydrogen) atoms. The third-order valence-corrected chi connectivity index (χ3v) is 11.6. The van der Waals surface area contributed by atoms with Crippen molar-refractivity contribution >= 4 is 15.7 Å². The van der Waals surface area contributed by atoms with E-state index >= 15 is 0 Å². The van der Waals surface area contributed by atoms with Crippen LogP contribution in [0.1, 0.15) is 61.3 Å². The third kappa shape index (κ3) is 10.5. The molecule has 2 aliphatic rings. The minimum atomic E-state index is -3.89. The van der Waals surface area contributed by atoms with Gasteiger partial charge in [-0.25, -0.2) is 8.42 Å². The van der Waals surface area contributed by atoms with E-state index in [0.717, 1.165) is 53.2 Å². The quantitative estimate of drug-likeness (QED) is 0.0556. The van der Waals surface area contributed by atoms with Crippen LogP contribution in [0, 0.1) is 6.92 Å². The summed E-state index contributed by atoms with van der Waals surface area (Å²) in [5, 5.41) is 3.77. The van der Waals surface area contributed by atoms with Gasteiger partial charge in [-0.3, -0.25) is 0 Å². The van der Waals surface area contributed by atoms with Crippen molar-refractivity contribution in [3.8, 4) is 5.75 Å². The van der Waals surface area contributed by atoms with Crippen LogP contribution < -0.4 is 9.64 Å². The zero-order valence-corrected chi connectivity index (χ0v) is 31.7. The summed E-state index contributed by atoms with van der Waals surface area (Å²) in [6.45, 7) is 11.1. The highest BCUT2D eigenvalue weighted by Crippen LogP contribution is 2.39. The van der Waals surface area contributed by atoms with Crippen LogP contribution in [-0.4, -0.2) is 90.7 Å². The first kappa shape index (κ1) is 39.5. The Morgan fingerprint density at radius 1 is 1.06 bits per heavy atom. The summed E-state index contributed by atoms with van der Waals surface area (Å²) in [7, 11) is -2.17. The minimum absolute atomic E-state index is 0.0206. The number of piperidine rings is 1. The number of nitrogens with zero attached hydrogens (tertiary/aromatic N) is 5. The highest BCUT2D eigenvalue weighted by Gasteiger charge is 2.42. The molecule has 0 N–H and O–H groups in total. The van der Waals surface area contributed by atoms with Gasteiger partial charge in [0.25, 0.3) is 0 Å². The van der Waals surface area contributed by atoms with Crippen molar-refractivity contribution in [2.24, 2.45) is 5.11 Å². The molecule has 0 aromatic heterocycles. The highest BCUT2D eigenvalue weighted by molar-refractivity contribution is 7.89. The Balaban J connectivity index is 1.41. The maximum atomic E-state index is 14.3. The zero-order valence-electron chi connectivity index (χ0n) is 30.9. The lowest BCUT2D eigenvalue weighted by Crippen LogP contribution is -2.52. The summed E-state index contributed by atoms with van der Waals surface area (Å²) >= 11 is 0. The second-order valence-electron chi connectivity index (χ2n) is 13.5. The van der Waals surface area contributed by atoms with E-state index in [1.165, 1.54) is 0 Å². The molecule has 13 heteroatoms. The fourth-order valence-electron chi connectivity index (χ4n) is 6.97. The number of rotatable bonds is 19. The van der Waals surface area contributed by atoms with Crippen molar-refractivity contribution in [1.82, 2.24) is 4.31 Å². The summed E-state index contributed by atoms with van der Waals surface area (Å²) in [6, 6.07) is 20.9. The number of hydrogen-bond donors (Lipinski definition) is 0. The van der Waals surface area contributed by atoms with E-state index in [-0.39, 0.29) is 30.0 Å². The molecule has 12 nitrogen and oxygen atoms in total. The van der Waals surface area contributed by atoms with Crippen LogP contribution in [0.4, 0.5) is 5.69 Å². The van der Waals surface area contributed by atoms with Crippen LogP contribution in [0.15, 0.2) is 76.7 Å². The van der Waals surface area contributed by atoms with Crippen molar-refractivity contribution in [3.05, 3.63) is 99.4 Å². The Hall–Kier alpha value is -3.68. The lowest BCUT2D eigenvalue weighted by atomic mass is 9.83. The van der Waals surface area contributed by atoms with Gasteiger partial charge in [0.05, 0.1) is 49.2 Å². The smallest absolute Gasteiger partial charge is 0.243 e. The van der Waals surface area contributed by atoms with Gasteiger partial charge >= 0.3 is 0 Å². The van der Waals surface area contributed by atoms with Crippen LogP contribution in [0.2, 0.25) is 0 Å². The van der Waals surface area contributed by atoms with Crippen molar-refractivity contribution < 1.29 is 32.1 Å². The molecule has 0 saturated carbocycles. The van der Waals surface area contributed by atoms with Crippen LogP contribution in [0.3, 0.4) is 0 Å². The fourth-order valence-corrected chi connectivity index (χ4v) is 8.65. The Morgan fingerprint density at radius 2 is 1.83 bits per heavy atom. The lowest BCUT2D eigenvalue weighted by Gasteiger charge is -2.43. The van der Waals surface area contributed by atoms with E-state index in [1.54, 1.807) is 23.5 Å². The first-order chi connectivity index (χ1) is 25.2. The molecule has 282 valence electrons. The van der Waals surface area contributed by atoms with Gasteiger partial charge in [-0.1, -0.05) is 53.1 Å². The Kier molecular flexibility index (Phi) is 14.8. The van der Waals surface area contributed by atoms with E-state index in [9.17, 15) is 8.42 Å². The predicted molar refractivity (Wildman–Crippen MR) is 201 cm³/mol. The van der Waals surface area contributed by atoms with Crippen molar-refractivity contribution in [2.45, 2.75) is 82.3 Å². The number of azide groups is 1. The number of sulfonamides is 1. The standard InChI is InChI=1S/C39H53N5O7S/c1-5-49-30(3)26-48-27-31-9-12-33(13-10-31)36-24-34(17-18-41-42-40)44(52(45,46)35-14-7-29(2)8-15-35)25-39(36)51-28-32-11-16-38-37(23-32)43(20-22-50-38)19-6-21-47-4/h7-16,23,30,34,36,39H,5-6,17-22,24-28H2,1-4H3/t30-,34+,36-,39+/m1/s1. The lowest BCUT2D eigenvalue weighted by molar-refractivity contribution is -0.0205. The molecule has 0 unspecified atom stereocenters. The van der Waals surface area contributed by atoms with E-state index in [4.69, 9.17) is 29.2 Å². The van der Waals surface area contributed by atoms with Gasteiger partial charge in [0.15, 0.2) is 0 Å². The van der Waals surface area contributed by atoms with E-state index in [1.807, 2.05) is 45.0 Å². The van der Waals surface area contributed by atoms with E-state index in [0.29, 0.717) is 52.5 Å². The average molecular weight is 736 g/mol. The Labute approximate surface area is 308 Å². The summed E-state index contributed by atoms with van der Waals surface area (Å²) in [4.78, 5) is 5.49. The number of methoxy groups -OCH3 is 1. The number of benzene rings is 3. The molecule has 0 aliphatic carbocycles. The Bertz CT molecular complexity index is 1720. The van der Waals surface area contributed by atoms with Gasteiger partial charge in [-0.15, -0.1) is 0 Å². The monoisotopic (exact) mass is 735 g/mol. The van der Waals surface area contributed by atoms with Crippen LogP contribution in [-0.2, 0) is 42.2 Å². The maximum Gasteiger partial charge on any atom is 0.243 e. The van der Waals surface area contributed by atoms with Gasteiger partial charge < -0.3 is 28.6 Å². The SMILES string of the molecule is CCO[C@H](C)COCc1ccc([C@H]2C[C@H](CCN=[N+]=[N-])N(S(=O)(=O)c3ccc(C)cc3)C[C@@H]2OCc2ccc3c(c2)N(CCCOC)CCO3)cc1. The number of anilines is 1. The molecule has 2 aliphatic heterocycles. The third-order valence-electron chi connectivity index (χ3n) is 9.70. The zero-order chi connectivity index (χ0) is 36.9. The predicted octanol–water partition coefficient (Wildman–Crippen LogP) is 7.00. The van der Waals surface area contributed by atoms with Gasteiger partial charge in [0, 0.05) is 56.8 Å². The van der Waals surface area contributed by atoms with Crippen molar-refractivity contribution in [2.75, 3.05) is 64.6 Å². The molecule has 0 spiro atoms. The number of aryl methyl sites for hydroxylation is 1. The molecular weight excluding hydrogens is 683 g/mol. The molecule has 3 aromatic rings. The summed E-state index contributed by atoms with van der Waals surface area (Å²) < 4.78 is 59.6. The van der Waals surface area contributed by atoms with E-state index in [2.05, 4.69) is 45.3 Å². The Morgan fingerprint density at radius 3 is 2.56 bits per heavy atom. The highest BCUT2D eigenvalue weighted by atomic mass is 32.2. The van der Waals surface area contributed by atoms with E-state index < -0.39 is 22.2 Å². The molecule has 5 rings (SSSR count). The summed E-state index contributed by atoms with van der Waals surface area (Å²) in [5.74, 6) is 0.734. The molecule has 0 radical (unpaired) electrons. The number of ether oxygens (including phenoxy) is 5. The molecule has 0 bridgehead atoms. The first-order valence-corrected chi connectivity index (χ1v) is 19.7. The minimum Gasteiger partial charge on any atom is -0.490 e. The van der Waals surface area contributed by atoms with Crippen molar-refractivity contribution in [3.63, 3.8) is 0 Å². The number of fused-ring (bicyclic) bond motifs is 1. The van der Waals surface area contributed by atoms with Gasteiger partial charge in [-0.2, -0.15) is 4.31 Å². The van der Waals surface area contributed by atoms with Crippen LogP contribution >= 0.6 is 0 Å². The molecule has 4 atom stereocenters. The normalized spacial score (nSPS) is 19.8. The molecule has 1 saturated heterocycles. The molecule has 3 aromatic carbocycles. The molecule has 1 fully saturated rings. The molecular formula is C39H53N5O7S. The second kappa shape index (κ2) is 19.4.